The van der Waals surface area contributed by atoms with Crippen LogP contribution >= 0.6 is 34.5 Å². The van der Waals surface area contributed by atoms with Gasteiger partial charge in [0.05, 0.1) is 22.0 Å². The Morgan fingerprint density at radius 2 is 2.22 bits per heavy atom. The first-order valence-corrected chi connectivity index (χ1v) is 6.56. The molecule has 0 saturated carbocycles. The van der Waals surface area contributed by atoms with Gasteiger partial charge in [0.2, 0.25) is 5.13 Å². The largest absolute Gasteiger partial charge is 0.253 e. The highest BCUT2D eigenvalue weighted by atomic mass is 35.5. The van der Waals surface area contributed by atoms with E-state index in [0.29, 0.717) is 15.7 Å². The highest BCUT2D eigenvalue weighted by molar-refractivity contribution is 7.13. The van der Waals surface area contributed by atoms with E-state index in [1.54, 1.807) is 0 Å². The maximum Gasteiger partial charge on any atom is 0.203 e. The van der Waals surface area contributed by atoms with Crippen molar-refractivity contribution in [2.24, 2.45) is 5.10 Å². The van der Waals surface area contributed by atoms with Crippen LogP contribution in [0.3, 0.4) is 0 Å². The Hall–Kier alpha value is -1.17. The van der Waals surface area contributed by atoms with E-state index in [0.717, 1.165) is 5.69 Å². The first kappa shape index (κ1) is 13.3. The van der Waals surface area contributed by atoms with Crippen LogP contribution in [0.2, 0.25) is 10.0 Å². The summed E-state index contributed by atoms with van der Waals surface area (Å²) in [5, 5.41) is 6.74. The maximum atomic E-state index is 13.2. The fourth-order valence-electron chi connectivity index (χ4n) is 1.22. The monoisotopic (exact) mass is 303 g/mol. The molecule has 1 aromatic heterocycles. The normalized spacial score (nSPS) is 11.1. The summed E-state index contributed by atoms with van der Waals surface area (Å²) in [6, 6.07) is 2.64. The molecular weight excluding hydrogens is 296 g/mol. The molecule has 7 heteroatoms. The van der Waals surface area contributed by atoms with Crippen molar-refractivity contribution in [3.63, 3.8) is 0 Å². The van der Waals surface area contributed by atoms with Gasteiger partial charge in [-0.25, -0.2) is 9.37 Å². The van der Waals surface area contributed by atoms with Gasteiger partial charge in [-0.2, -0.15) is 5.10 Å². The topological polar surface area (TPSA) is 37.3 Å². The van der Waals surface area contributed by atoms with Gasteiger partial charge in [-0.15, -0.1) is 11.3 Å². The van der Waals surface area contributed by atoms with E-state index in [2.05, 4.69) is 15.5 Å². The Labute approximate surface area is 117 Å². The highest BCUT2D eigenvalue weighted by Crippen LogP contribution is 2.25. The van der Waals surface area contributed by atoms with Crippen molar-refractivity contribution in [1.29, 1.82) is 0 Å². The third kappa shape index (κ3) is 2.98. The van der Waals surface area contributed by atoms with Crippen molar-refractivity contribution in [1.82, 2.24) is 4.98 Å². The van der Waals surface area contributed by atoms with Gasteiger partial charge >= 0.3 is 0 Å². The molecule has 0 atom stereocenters. The molecule has 18 heavy (non-hydrogen) atoms. The summed E-state index contributed by atoms with van der Waals surface area (Å²) in [5.74, 6) is -0.535. The Morgan fingerprint density at radius 1 is 1.44 bits per heavy atom. The number of aromatic nitrogens is 1. The van der Waals surface area contributed by atoms with Crippen LogP contribution in [-0.2, 0) is 0 Å². The van der Waals surface area contributed by atoms with Crippen LogP contribution in [0, 0.1) is 12.7 Å². The van der Waals surface area contributed by atoms with Crippen molar-refractivity contribution >= 4 is 45.9 Å². The van der Waals surface area contributed by atoms with E-state index in [1.807, 2.05) is 12.3 Å². The molecule has 0 fully saturated rings. The lowest BCUT2D eigenvalue weighted by Gasteiger charge is -2.02. The van der Waals surface area contributed by atoms with E-state index < -0.39 is 5.82 Å². The van der Waals surface area contributed by atoms with Crippen LogP contribution in [-0.4, -0.2) is 11.2 Å². The molecule has 2 aromatic rings. The number of hydrazone groups is 1. The van der Waals surface area contributed by atoms with Gasteiger partial charge < -0.3 is 0 Å². The molecule has 0 radical (unpaired) electrons. The zero-order valence-corrected chi connectivity index (χ0v) is 11.6. The summed E-state index contributed by atoms with van der Waals surface area (Å²) in [6.07, 6.45) is 1.37. The molecule has 0 aliphatic rings. The molecular formula is C11H8Cl2FN3S. The molecule has 0 spiro atoms. The number of rotatable bonds is 3. The molecule has 0 aliphatic carbocycles. The molecule has 1 N–H and O–H groups in total. The van der Waals surface area contributed by atoms with E-state index >= 15 is 0 Å². The lowest BCUT2D eigenvalue weighted by atomic mass is 10.2. The van der Waals surface area contributed by atoms with Crippen LogP contribution in [0.5, 0.6) is 0 Å². The molecule has 0 unspecified atom stereocenters. The van der Waals surface area contributed by atoms with Crippen LogP contribution in [0.1, 0.15) is 11.3 Å². The maximum absolute atomic E-state index is 13.2. The number of thiazole rings is 1. The minimum atomic E-state index is -0.535. The van der Waals surface area contributed by atoms with E-state index in [1.165, 1.54) is 29.7 Å². The Kier molecular flexibility index (Phi) is 4.16. The predicted octanol–water partition coefficient (Wildman–Crippen LogP) is 4.34. The molecule has 1 heterocycles. The minimum absolute atomic E-state index is 0.0524. The zero-order chi connectivity index (χ0) is 13.1. The van der Waals surface area contributed by atoms with Crippen molar-refractivity contribution in [2.45, 2.75) is 6.92 Å². The summed E-state index contributed by atoms with van der Waals surface area (Å²) in [4.78, 5) is 4.16. The van der Waals surface area contributed by atoms with Gasteiger partial charge in [-0.05, 0) is 19.1 Å². The Bertz CT molecular complexity index is 598. The van der Waals surface area contributed by atoms with Crippen LogP contribution in [0.4, 0.5) is 9.52 Å². The first-order valence-electron chi connectivity index (χ1n) is 4.92. The number of hydrogen-bond acceptors (Lipinski definition) is 4. The second-order valence-corrected chi connectivity index (χ2v) is 5.06. The van der Waals surface area contributed by atoms with E-state index in [-0.39, 0.29) is 5.02 Å². The number of nitrogens with zero attached hydrogens (tertiary/aromatic N) is 2. The summed E-state index contributed by atoms with van der Waals surface area (Å²) < 4.78 is 13.2. The zero-order valence-electron chi connectivity index (χ0n) is 9.25. The lowest BCUT2D eigenvalue weighted by molar-refractivity contribution is 0.628. The number of benzene rings is 1. The summed E-state index contributed by atoms with van der Waals surface area (Å²) in [6.45, 7) is 1.88. The lowest BCUT2D eigenvalue weighted by Crippen LogP contribution is -1.93. The Morgan fingerprint density at radius 3 is 2.89 bits per heavy atom. The Balaban J connectivity index is 2.16. The van der Waals surface area contributed by atoms with Gasteiger partial charge in [-0.3, -0.25) is 5.43 Å². The molecule has 1 aromatic carbocycles. The van der Waals surface area contributed by atoms with E-state index in [9.17, 15) is 4.39 Å². The summed E-state index contributed by atoms with van der Waals surface area (Å²) in [7, 11) is 0. The van der Waals surface area contributed by atoms with Crippen molar-refractivity contribution in [3.8, 4) is 0 Å². The van der Waals surface area contributed by atoms with Crippen molar-refractivity contribution in [2.75, 3.05) is 5.43 Å². The van der Waals surface area contributed by atoms with Gasteiger partial charge in [0.1, 0.15) is 5.82 Å². The molecule has 0 aliphatic heterocycles. The van der Waals surface area contributed by atoms with Crippen LogP contribution < -0.4 is 5.43 Å². The number of hydrogen-bond donors (Lipinski definition) is 1. The molecule has 0 amide bonds. The van der Waals surface area contributed by atoms with Crippen LogP contribution in [0.25, 0.3) is 0 Å². The van der Waals surface area contributed by atoms with Gasteiger partial charge in [0.25, 0.3) is 0 Å². The fourth-order valence-corrected chi connectivity index (χ4v) is 2.32. The average Bonchev–Trinajstić information content (AvgIpc) is 2.74. The number of anilines is 1. The smallest absolute Gasteiger partial charge is 0.203 e. The molecule has 0 bridgehead atoms. The van der Waals surface area contributed by atoms with Crippen LogP contribution in [0.15, 0.2) is 22.6 Å². The molecule has 2 rings (SSSR count). The second kappa shape index (κ2) is 5.65. The first-order chi connectivity index (χ1) is 8.58. The van der Waals surface area contributed by atoms with Gasteiger partial charge in [0, 0.05) is 10.9 Å². The molecule has 3 nitrogen and oxygen atoms in total. The summed E-state index contributed by atoms with van der Waals surface area (Å²) >= 11 is 13.1. The van der Waals surface area contributed by atoms with Gasteiger partial charge in [0.15, 0.2) is 0 Å². The third-order valence-electron chi connectivity index (χ3n) is 2.05. The number of aryl methyl sites for hydroxylation is 1. The van der Waals surface area contributed by atoms with Crippen molar-refractivity contribution < 1.29 is 4.39 Å². The second-order valence-electron chi connectivity index (χ2n) is 3.42. The summed E-state index contributed by atoms with van der Waals surface area (Å²) in [5.41, 5.74) is 3.96. The number of halogens is 3. The average molecular weight is 304 g/mol. The van der Waals surface area contributed by atoms with Crippen molar-refractivity contribution in [3.05, 3.63) is 44.6 Å². The highest BCUT2D eigenvalue weighted by Gasteiger charge is 2.08. The molecule has 0 saturated heterocycles. The SMILES string of the molecule is Cc1csc(NN=Cc2c(Cl)ccc(F)c2Cl)n1. The quantitative estimate of drug-likeness (QED) is 0.520. The fraction of sp³-hybridized carbons (Fsp3) is 0.0909. The van der Waals surface area contributed by atoms with Gasteiger partial charge in [-0.1, -0.05) is 23.2 Å². The minimum Gasteiger partial charge on any atom is -0.253 e. The third-order valence-corrected chi connectivity index (χ3v) is 3.63. The standard InChI is InChI=1S/C11H8Cl2FN3S/c1-6-5-18-11(16-6)17-15-4-7-8(12)2-3-9(14)10(7)13/h2-5H,1H3,(H,16,17). The van der Waals surface area contributed by atoms with E-state index in [4.69, 9.17) is 23.2 Å². The number of nitrogens with one attached hydrogen (secondary N) is 1. The predicted molar refractivity (Wildman–Crippen MR) is 74.5 cm³/mol. The molecule has 94 valence electrons.